The second-order valence-corrected chi connectivity index (χ2v) is 5.69. The van der Waals surface area contributed by atoms with E-state index in [0.717, 1.165) is 22.5 Å². The van der Waals surface area contributed by atoms with Crippen molar-refractivity contribution in [3.63, 3.8) is 0 Å². The van der Waals surface area contributed by atoms with Crippen LogP contribution in [0.2, 0.25) is 0 Å². The number of anilines is 1. The highest BCUT2D eigenvalue weighted by Gasteiger charge is 2.13. The van der Waals surface area contributed by atoms with E-state index < -0.39 is 5.97 Å². The lowest BCUT2D eigenvalue weighted by Gasteiger charge is -2.03. The minimum absolute atomic E-state index is 0.145. The van der Waals surface area contributed by atoms with Crippen molar-refractivity contribution in [1.29, 1.82) is 0 Å². The molecule has 2 aromatic rings. The molecule has 2 rings (SSSR count). The van der Waals surface area contributed by atoms with Gasteiger partial charge in [0.15, 0.2) is 0 Å². The molecular weight excluding hydrogens is 274 g/mol. The number of carbonyl (C=O) groups is 2. The van der Waals surface area contributed by atoms with Crippen LogP contribution in [0, 0.1) is 13.8 Å². The van der Waals surface area contributed by atoms with Gasteiger partial charge in [-0.25, -0.2) is 4.79 Å². The van der Waals surface area contributed by atoms with Gasteiger partial charge in [0, 0.05) is 0 Å². The highest BCUT2D eigenvalue weighted by atomic mass is 32.1. The number of benzene rings is 1. The van der Waals surface area contributed by atoms with Crippen molar-refractivity contribution in [2.75, 3.05) is 5.32 Å². The van der Waals surface area contributed by atoms with Crippen LogP contribution in [0.15, 0.2) is 30.3 Å². The van der Waals surface area contributed by atoms with Crippen molar-refractivity contribution >= 4 is 28.2 Å². The first kappa shape index (κ1) is 14.3. The van der Waals surface area contributed by atoms with Crippen LogP contribution < -0.4 is 5.32 Å². The quantitative estimate of drug-likeness (QED) is 0.908. The molecule has 2 N–H and O–H groups in total. The molecule has 1 aromatic carbocycles. The summed E-state index contributed by atoms with van der Waals surface area (Å²) in [6.45, 7) is 3.69. The summed E-state index contributed by atoms with van der Waals surface area (Å²) in [5.74, 6) is -1.11. The Kier molecular flexibility index (Phi) is 4.20. The molecule has 0 bridgehead atoms. The Labute approximate surface area is 121 Å². The molecule has 4 nitrogen and oxygen atoms in total. The van der Waals surface area contributed by atoms with E-state index in [9.17, 15) is 9.59 Å². The fourth-order valence-electron chi connectivity index (χ4n) is 1.95. The molecule has 0 spiro atoms. The van der Waals surface area contributed by atoms with Gasteiger partial charge in [0.05, 0.1) is 11.4 Å². The van der Waals surface area contributed by atoms with Crippen molar-refractivity contribution in [2.45, 2.75) is 20.3 Å². The largest absolute Gasteiger partial charge is 0.477 e. The van der Waals surface area contributed by atoms with Crippen LogP contribution >= 0.6 is 11.3 Å². The van der Waals surface area contributed by atoms with E-state index in [2.05, 4.69) is 5.32 Å². The van der Waals surface area contributed by atoms with E-state index in [4.69, 9.17) is 5.11 Å². The predicted molar refractivity (Wildman–Crippen MR) is 79.5 cm³/mol. The maximum Gasteiger partial charge on any atom is 0.346 e. The SMILES string of the molecule is Cc1cccc(CC(=O)Nc2cc(C)c(C(=O)O)s2)c1. The lowest BCUT2D eigenvalue weighted by atomic mass is 10.1. The molecule has 0 radical (unpaired) electrons. The van der Waals surface area contributed by atoms with E-state index in [-0.39, 0.29) is 17.2 Å². The molecule has 1 aromatic heterocycles. The third kappa shape index (κ3) is 3.45. The van der Waals surface area contributed by atoms with Crippen LogP contribution in [0.5, 0.6) is 0 Å². The number of nitrogens with one attached hydrogen (secondary N) is 1. The van der Waals surface area contributed by atoms with E-state index >= 15 is 0 Å². The zero-order valence-electron chi connectivity index (χ0n) is 11.3. The normalized spacial score (nSPS) is 10.3. The zero-order valence-corrected chi connectivity index (χ0v) is 12.1. The summed E-state index contributed by atoms with van der Waals surface area (Å²) in [4.78, 5) is 23.1. The van der Waals surface area contributed by atoms with Crippen LogP contribution in [0.1, 0.15) is 26.4 Å². The number of hydrogen-bond donors (Lipinski definition) is 2. The Bertz CT molecular complexity index is 661. The molecule has 20 heavy (non-hydrogen) atoms. The summed E-state index contributed by atoms with van der Waals surface area (Å²) in [6.07, 6.45) is 0.279. The minimum atomic E-state index is -0.966. The number of amides is 1. The molecule has 0 saturated carbocycles. The monoisotopic (exact) mass is 289 g/mol. The van der Waals surface area contributed by atoms with Gasteiger partial charge >= 0.3 is 5.97 Å². The first-order valence-electron chi connectivity index (χ1n) is 6.15. The van der Waals surface area contributed by atoms with Gasteiger partial charge in [-0.05, 0) is 31.0 Å². The van der Waals surface area contributed by atoms with Gasteiger partial charge in [0.25, 0.3) is 0 Å². The van der Waals surface area contributed by atoms with Crippen LogP contribution in [-0.4, -0.2) is 17.0 Å². The number of aryl methyl sites for hydroxylation is 2. The zero-order chi connectivity index (χ0) is 14.7. The van der Waals surface area contributed by atoms with Gasteiger partial charge in [-0.2, -0.15) is 0 Å². The minimum Gasteiger partial charge on any atom is -0.477 e. The lowest BCUT2D eigenvalue weighted by Crippen LogP contribution is -2.13. The van der Waals surface area contributed by atoms with E-state index in [1.807, 2.05) is 31.2 Å². The Hall–Kier alpha value is -2.14. The van der Waals surface area contributed by atoms with Crippen molar-refractivity contribution in [3.05, 3.63) is 51.9 Å². The third-order valence-electron chi connectivity index (χ3n) is 2.82. The first-order valence-corrected chi connectivity index (χ1v) is 6.96. The topological polar surface area (TPSA) is 66.4 Å². The summed E-state index contributed by atoms with van der Waals surface area (Å²) in [5.41, 5.74) is 2.71. The molecular formula is C15H15NO3S. The smallest absolute Gasteiger partial charge is 0.346 e. The predicted octanol–water partition coefficient (Wildman–Crippen LogP) is 3.24. The number of thiophene rings is 1. The number of carboxylic acids is 1. The molecule has 0 aliphatic carbocycles. The van der Waals surface area contributed by atoms with Gasteiger partial charge in [-0.3, -0.25) is 4.79 Å². The molecule has 1 amide bonds. The highest BCUT2D eigenvalue weighted by molar-refractivity contribution is 7.18. The molecule has 0 fully saturated rings. The van der Waals surface area contributed by atoms with Crippen molar-refractivity contribution in [2.24, 2.45) is 0 Å². The number of carbonyl (C=O) groups excluding carboxylic acids is 1. The Morgan fingerprint density at radius 3 is 2.60 bits per heavy atom. The van der Waals surface area contributed by atoms with Crippen LogP contribution in [-0.2, 0) is 11.2 Å². The summed E-state index contributed by atoms with van der Waals surface area (Å²) < 4.78 is 0. The highest BCUT2D eigenvalue weighted by Crippen LogP contribution is 2.26. The Balaban J connectivity index is 2.05. The van der Waals surface area contributed by atoms with Crippen LogP contribution in [0.25, 0.3) is 0 Å². The molecule has 0 aliphatic rings. The summed E-state index contributed by atoms with van der Waals surface area (Å²) in [7, 11) is 0. The molecule has 5 heteroatoms. The third-order valence-corrected chi connectivity index (χ3v) is 3.96. The van der Waals surface area contributed by atoms with Gasteiger partial charge in [0.1, 0.15) is 4.88 Å². The summed E-state index contributed by atoms with van der Waals surface area (Å²) >= 11 is 1.08. The van der Waals surface area contributed by atoms with E-state index in [0.29, 0.717) is 10.6 Å². The molecule has 0 aliphatic heterocycles. The number of hydrogen-bond acceptors (Lipinski definition) is 3. The number of carboxylic acid groups (broad SMARTS) is 1. The Morgan fingerprint density at radius 2 is 2.00 bits per heavy atom. The molecule has 0 unspecified atom stereocenters. The van der Waals surface area contributed by atoms with Crippen molar-refractivity contribution in [1.82, 2.24) is 0 Å². The fraction of sp³-hybridized carbons (Fsp3) is 0.200. The molecule has 0 saturated heterocycles. The summed E-state index contributed by atoms with van der Waals surface area (Å²) in [6, 6.07) is 9.43. The second-order valence-electron chi connectivity index (χ2n) is 4.64. The number of rotatable bonds is 4. The van der Waals surface area contributed by atoms with E-state index in [1.54, 1.807) is 13.0 Å². The Morgan fingerprint density at radius 1 is 1.25 bits per heavy atom. The van der Waals surface area contributed by atoms with Gasteiger partial charge in [-0.1, -0.05) is 29.8 Å². The molecule has 0 atom stereocenters. The molecule has 1 heterocycles. The maximum atomic E-state index is 11.9. The van der Waals surface area contributed by atoms with Gasteiger partial charge in [-0.15, -0.1) is 11.3 Å². The molecule has 104 valence electrons. The standard InChI is InChI=1S/C15H15NO3S/c1-9-4-3-5-11(6-9)8-12(17)16-13-7-10(2)14(20-13)15(18)19/h3-7H,8H2,1-2H3,(H,16,17)(H,18,19). The average Bonchev–Trinajstić information content (AvgIpc) is 2.70. The average molecular weight is 289 g/mol. The fourth-order valence-corrected chi connectivity index (χ4v) is 2.87. The van der Waals surface area contributed by atoms with Gasteiger partial charge in [0.2, 0.25) is 5.91 Å². The van der Waals surface area contributed by atoms with Crippen LogP contribution in [0.3, 0.4) is 0 Å². The maximum absolute atomic E-state index is 11.9. The first-order chi connectivity index (χ1) is 9.45. The lowest BCUT2D eigenvalue weighted by molar-refractivity contribution is -0.115. The van der Waals surface area contributed by atoms with Crippen molar-refractivity contribution in [3.8, 4) is 0 Å². The second kappa shape index (κ2) is 5.88. The number of aromatic carboxylic acids is 1. The van der Waals surface area contributed by atoms with Gasteiger partial charge < -0.3 is 10.4 Å². The van der Waals surface area contributed by atoms with Crippen molar-refractivity contribution < 1.29 is 14.7 Å². The van der Waals surface area contributed by atoms with E-state index in [1.165, 1.54) is 0 Å². The van der Waals surface area contributed by atoms with Crippen LogP contribution in [0.4, 0.5) is 5.00 Å². The summed E-state index contributed by atoms with van der Waals surface area (Å²) in [5, 5.41) is 12.3.